The predicted molar refractivity (Wildman–Crippen MR) is 119 cm³/mol. The first-order valence-electron chi connectivity index (χ1n) is 10.4. The fourth-order valence-corrected chi connectivity index (χ4v) is 3.92. The number of ether oxygens (including phenoxy) is 1. The number of carbonyl (C=O) groups is 1. The lowest BCUT2D eigenvalue weighted by atomic mass is 10.1. The highest BCUT2D eigenvalue weighted by Crippen LogP contribution is 2.17. The van der Waals surface area contributed by atoms with Crippen LogP contribution in [0.2, 0.25) is 5.02 Å². The first-order valence-corrected chi connectivity index (χ1v) is 10.8. The maximum atomic E-state index is 12.3. The van der Waals surface area contributed by atoms with Gasteiger partial charge in [0.2, 0.25) is 5.91 Å². The van der Waals surface area contributed by atoms with E-state index in [9.17, 15) is 4.79 Å². The fourth-order valence-electron chi connectivity index (χ4n) is 3.80. The van der Waals surface area contributed by atoms with E-state index >= 15 is 0 Å². The standard InChI is InChI=1S/C23H27ClN4O2/c24-19-7-5-18(6-8-19)17-23(29)25-10-9-22-26-20-3-1-2-4-21(20)28(22)12-11-27-13-15-30-16-14-27/h1-8H,9-17H2,(H,25,29). The van der Waals surface area contributed by atoms with Crippen LogP contribution < -0.4 is 5.32 Å². The first kappa shape index (κ1) is 20.8. The number of fused-ring (bicyclic) bond motifs is 1. The number of morpholine rings is 1. The van der Waals surface area contributed by atoms with Gasteiger partial charge >= 0.3 is 0 Å². The number of aromatic nitrogens is 2. The highest BCUT2D eigenvalue weighted by Gasteiger charge is 2.14. The molecule has 1 amide bonds. The van der Waals surface area contributed by atoms with Crippen molar-refractivity contribution in [3.8, 4) is 0 Å². The van der Waals surface area contributed by atoms with Crippen LogP contribution in [0, 0.1) is 0 Å². The van der Waals surface area contributed by atoms with Gasteiger partial charge in [0.1, 0.15) is 5.82 Å². The second kappa shape index (κ2) is 10.1. The van der Waals surface area contributed by atoms with E-state index in [1.54, 1.807) is 12.1 Å². The molecule has 0 spiro atoms. The van der Waals surface area contributed by atoms with Crippen molar-refractivity contribution in [2.75, 3.05) is 39.4 Å². The van der Waals surface area contributed by atoms with Crippen molar-refractivity contribution in [2.45, 2.75) is 19.4 Å². The van der Waals surface area contributed by atoms with Crippen LogP contribution in [0.1, 0.15) is 11.4 Å². The minimum Gasteiger partial charge on any atom is -0.379 e. The molecule has 30 heavy (non-hydrogen) atoms. The van der Waals surface area contributed by atoms with Gasteiger partial charge in [-0.05, 0) is 29.8 Å². The highest BCUT2D eigenvalue weighted by atomic mass is 35.5. The van der Waals surface area contributed by atoms with Crippen molar-refractivity contribution in [3.63, 3.8) is 0 Å². The van der Waals surface area contributed by atoms with Crippen molar-refractivity contribution >= 4 is 28.5 Å². The van der Waals surface area contributed by atoms with E-state index in [0.717, 1.165) is 61.8 Å². The van der Waals surface area contributed by atoms with Crippen molar-refractivity contribution in [2.24, 2.45) is 0 Å². The second-order valence-electron chi connectivity index (χ2n) is 7.53. The maximum absolute atomic E-state index is 12.3. The summed E-state index contributed by atoms with van der Waals surface area (Å²) in [5, 5.41) is 3.70. The number of nitrogens with one attached hydrogen (secondary N) is 1. The van der Waals surface area contributed by atoms with Gasteiger partial charge in [0.25, 0.3) is 0 Å². The molecule has 1 N–H and O–H groups in total. The summed E-state index contributed by atoms with van der Waals surface area (Å²) in [6, 6.07) is 15.6. The molecule has 0 atom stereocenters. The molecule has 1 aliphatic rings. The van der Waals surface area contributed by atoms with Crippen LogP contribution in [0.5, 0.6) is 0 Å². The molecule has 7 heteroatoms. The molecule has 0 aliphatic carbocycles. The lowest BCUT2D eigenvalue weighted by molar-refractivity contribution is -0.120. The number of hydrogen-bond acceptors (Lipinski definition) is 4. The fraction of sp³-hybridized carbons (Fsp3) is 0.391. The smallest absolute Gasteiger partial charge is 0.224 e. The number of para-hydroxylation sites is 2. The lowest BCUT2D eigenvalue weighted by Crippen LogP contribution is -2.38. The van der Waals surface area contributed by atoms with Crippen LogP contribution in [0.25, 0.3) is 11.0 Å². The molecule has 0 radical (unpaired) electrons. The molecule has 1 aliphatic heterocycles. The summed E-state index contributed by atoms with van der Waals surface area (Å²) >= 11 is 5.90. The largest absolute Gasteiger partial charge is 0.379 e. The number of amides is 1. The number of halogens is 1. The zero-order valence-electron chi connectivity index (χ0n) is 17.0. The molecule has 4 rings (SSSR count). The van der Waals surface area contributed by atoms with Gasteiger partial charge in [-0.25, -0.2) is 4.98 Å². The SMILES string of the molecule is O=C(Cc1ccc(Cl)cc1)NCCc1nc2ccccc2n1CCN1CCOCC1. The van der Waals surface area contributed by atoms with Gasteiger partial charge in [-0.1, -0.05) is 35.9 Å². The Bertz CT molecular complexity index is 981. The van der Waals surface area contributed by atoms with Crippen molar-refractivity contribution in [3.05, 3.63) is 64.9 Å². The summed E-state index contributed by atoms with van der Waals surface area (Å²) in [4.78, 5) is 19.5. The Labute approximate surface area is 181 Å². The Morgan fingerprint density at radius 1 is 1.07 bits per heavy atom. The van der Waals surface area contributed by atoms with Gasteiger partial charge in [-0.2, -0.15) is 0 Å². The number of imidazole rings is 1. The van der Waals surface area contributed by atoms with Gasteiger partial charge in [0.05, 0.1) is 30.7 Å². The number of carbonyl (C=O) groups excluding carboxylic acids is 1. The third kappa shape index (κ3) is 5.39. The number of benzene rings is 2. The summed E-state index contributed by atoms with van der Waals surface area (Å²) in [7, 11) is 0. The molecule has 158 valence electrons. The van der Waals surface area contributed by atoms with Crippen LogP contribution in [-0.2, 0) is 28.9 Å². The van der Waals surface area contributed by atoms with E-state index in [1.165, 1.54) is 0 Å². The van der Waals surface area contributed by atoms with E-state index in [-0.39, 0.29) is 5.91 Å². The lowest BCUT2D eigenvalue weighted by Gasteiger charge is -2.27. The third-order valence-electron chi connectivity index (χ3n) is 5.43. The van der Waals surface area contributed by atoms with E-state index in [0.29, 0.717) is 24.4 Å². The van der Waals surface area contributed by atoms with Crippen LogP contribution in [0.3, 0.4) is 0 Å². The number of hydrogen-bond donors (Lipinski definition) is 1. The Balaban J connectivity index is 1.36. The summed E-state index contributed by atoms with van der Waals surface area (Å²) in [6.45, 7) is 5.97. The average molecular weight is 427 g/mol. The molecular weight excluding hydrogens is 400 g/mol. The van der Waals surface area contributed by atoms with Crippen LogP contribution in [0.15, 0.2) is 48.5 Å². The summed E-state index contributed by atoms with van der Waals surface area (Å²) in [5.41, 5.74) is 3.10. The van der Waals surface area contributed by atoms with Crippen LogP contribution >= 0.6 is 11.6 Å². The summed E-state index contributed by atoms with van der Waals surface area (Å²) in [5.74, 6) is 1.02. The number of nitrogens with zero attached hydrogens (tertiary/aromatic N) is 3. The van der Waals surface area contributed by atoms with Gasteiger partial charge in [0, 0.05) is 44.2 Å². The monoisotopic (exact) mass is 426 g/mol. The molecule has 0 unspecified atom stereocenters. The zero-order valence-corrected chi connectivity index (χ0v) is 17.8. The minimum absolute atomic E-state index is 0.00769. The molecule has 6 nitrogen and oxygen atoms in total. The van der Waals surface area contributed by atoms with Crippen LogP contribution in [0.4, 0.5) is 0 Å². The minimum atomic E-state index is 0.00769. The number of rotatable bonds is 8. The predicted octanol–water partition coefficient (Wildman–Crippen LogP) is 2.92. The van der Waals surface area contributed by atoms with E-state index < -0.39 is 0 Å². The van der Waals surface area contributed by atoms with Gasteiger partial charge in [0.15, 0.2) is 0 Å². The summed E-state index contributed by atoms with van der Waals surface area (Å²) < 4.78 is 7.73. The van der Waals surface area contributed by atoms with Gasteiger partial charge < -0.3 is 14.6 Å². The van der Waals surface area contributed by atoms with Gasteiger partial charge in [-0.15, -0.1) is 0 Å². The molecule has 1 aromatic heterocycles. The van der Waals surface area contributed by atoms with Crippen LogP contribution in [-0.4, -0.2) is 59.8 Å². The second-order valence-corrected chi connectivity index (χ2v) is 7.96. The van der Waals surface area contributed by atoms with Gasteiger partial charge in [-0.3, -0.25) is 9.69 Å². The molecular formula is C23H27ClN4O2. The molecule has 2 heterocycles. The van der Waals surface area contributed by atoms with Crippen molar-refractivity contribution in [1.29, 1.82) is 0 Å². The molecule has 1 saturated heterocycles. The molecule has 0 bridgehead atoms. The average Bonchev–Trinajstić information content (AvgIpc) is 3.12. The zero-order chi connectivity index (χ0) is 20.8. The highest BCUT2D eigenvalue weighted by molar-refractivity contribution is 6.30. The topological polar surface area (TPSA) is 59.4 Å². The maximum Gasteiger partial charge on any atom is 0.224 e. The Morgan fingerprint density at radius 3 is 2.63 bits per heavy atom. The Hall–Kier alpha value is -2.41. The Kier molecular flexibility index (Phi) is 7.00. The third-order valence-corrected chi connectivity index (χ3v) is 5.68. The van der Waals surface area contributed by atoms with E-state index in [2.05, 4.69) is 20.9 Å². The van der Waals surface area contributed by atoms with Crippen molar-refractivity contribution in [1.82, 2.24) is 19.8 Å². The molecule has 1 fully saturated rings. The first-order chi connectivity index (χ1) is 14.7. The summed E-state index contributed by atoms with van der Waals surface area (Å²) in [6.07, 6.45) is 1.05. The van der Waals surface area contributed by atoms with Crippen molar-refractivity contribution < 1.29 is 9.53 Å². The van der Waals surface area contributed by atoms with E-state index in [4.69, 9.17) is 21.3 Å². The molecule has 0 saturated carbocycles. The van der Waals surface area contributed by atoms with E-state index in [1.807, 2.05) is 30.3 Å². The Morgan fingerprint density at radius 2 is 1.83 bits per heavy atom. The normalized spacial score (nSPS) is 14.8. The molecule has 3 aromatic rings. The quantitative estimate of drug-likeness (QED) is 0.601. The molecule has 2 aromatic carbocycles.